The van der Waals surface area contributed by atoms with E-state index < -0.39 is 0 Å². The van der Waals surface area contributed by atoms with E-state index in [1.807, 2.05) is 0 Å². The highest BCUT2D eigenvalue weighted by Gasteiger charge is 2.50. The zero-order valence-electron chi connectivity index (χ0n) is 5.60. The molecule has 1 atom stereocenters. The quantitative estimate of drug-likeness (QED) is 0.518. The molecule has 1 saturated heterocycles. The van der Waals surface area contributed by atoms with Gasteiger partial charge in [0.05, 0.1) is 5.60 Å². The Morgan fingerprint density at radius 2 is 2.22 bits per heavy atom. The van der Waals surface area contributed by atoms with Crippen molar-refractivity contribution in [2.24, 2.45) is 5.73 Å². The number of nitrogens with two attached hydrogens (primary N) is 1. The summed E-state index contributed by atoms with van der Waals surface area (Å²) in [6.07, 6.45) is 4.73. The monoisotopic (exact) mass is 127 g/mol. The third-order valence-corrected chi connectivity index (χ3v) is 2.47. The summed E-state index contributed by atoms with van der Waals surface area (Å²) >= 11 is 0. The Bertz CT molecular complexity index is 120. The minimum absolute atomic E-state index is 0.165. The lowest BCUT2D eigenvalue weighted by atomic mass is 10.0. The smallest absolute Gasteiger partial charge is 0.0834 e. The summed E-state index contributed by atoms with van der Waals surface area (Å²) < 4.78 is 5.56. The Hall–Kier alpha value is -0.0800. The average Bonchev–Trinajstić information content (AvgIpc) is 2.60. The lowest BCUT2D eigenvalue weighted by Crippen LogP contribution is -2.42. The molecule has 0 aromatic carbocycles. The van der Waals surface area contributed by atoms with Crippen LogP contribution in [0.3, 0.4) is 0 Å². The van der Waals surface area contributed by atoms with Crippen LogP contribution in [0.5, 0.6) is 0 Å². The van der Waals surface area contributed by atoms with Crippen LogP contribution in [0.15, 0.2) is 0 Å². The molecule has 2 fully saturated rings. The molecule has 0 radical (unpaired) electrons. The van der Waals surface area contributed by atoms with Gasteiger partial charge in [-0.1, -0.05) is 0 Å². The Morgan fingerprint density at radius 1 is 1.44 bits per heavy atom. The Labute approximate surface area is 55.4 Å². The maximum atomic E-state index is 5.85. The lowest BCUT2D eigenvalue weighted by molar-refractivity contribution is -0.0187. The fourth-order valence-electron chi connectivity index (χ4n) is 1.59. The van der Waals surface area contributed by atoms with Crippen LogP contribution < -0.4 is 5.73 Å². The minimum Gasteiger partial charge on any atom is -0.373 e. The van der Waals surface area contributed by atoms with E-state index in [1.54, 1.807) is 0 Å². The van der Waals surface area contributed by atoms with Gasteiger partial charge in [0, 0.05) is 12.6 Å². The molecule has 2 rings (SSSR count). The van der Waals surface area contributed by atoms with Crippen LogP contribution in [0.25, 0.3) is 0 Å². The van der Waals surface area contributed by atoms with Crippen molar-refractivity contribution in [2.75, 3.05) is 6.61 Å². The highest BCUT2D eigenvalue weighted by molar-refractivity contribution is 5.05. The summed E-state index contributed by atoms with van der Waals surface area (Å²) in [5.41, 5.74) is 6.01. The third-order valence-electron chi connectivity index (χ3n) is 2.47. The summed E-state index contributed by atoms with van der Waals surface area (Å²) in [5.74, 6) is 0. The zero-order chi connectivity index (χ0) is 6.32. The van der Waals surface area contributed by atoms with Crippen LogP contribution >= 0.6 is 0 Å². The molecule has 9 heavy (non-hydrogen) atoms. The molecule has 2 aliphatic rings. The fourth-order valence-corrected chi connectivity index (χ4v) is 1.59. The molecule has 2 nitrogen and oxygen atoms in total. The number of hydrogen-bond acceptors (Lipinski definition) is 2. The van der Waals surface area contributed by atoms with Gasteiger partial charge in [0.1, 0.15) is 0 Å². The Morgan fingerprint density at radius 3 is 2.67 bits per heavy atom. The van der Waals surface area contributed by atoms with Gasteiger partial charge < -0.3 is 10.5 Å². The maximum absolute atomic E-state index is 5.85. The summed E-state index contributed by atoms with van der Waals surface area (Å²) in [5, 5.41) is 0. The molecule has 1 spiro atoms. The second-order valence-electron chi connectivity index (χ2n) is 3.16. The largest absolute Gasteiger partial charge is 0.373 e. The summed E-state index contributed by atoms with van der Waals surface area (Å²) in [4.78, 5) is 0. The van der Waals surface area contributed by atoms with Gasteiger partial charge in [-0.3, -0.25) is 0 Å². The van der Waals surface area contributed by atoms with Crippen molar-refractivity contribution < 1.29 is 4.74 Å². The van der Waals surface area contributed by atoms with Gasteiger partial charge in [0.2, 0.25) is 0 Å². The Kier molecular flexibility index (Phi) is 1.08. The van der Waals surface area contributed by atoms with Crippen LogP contribution in [-0.4, -0.2) is 18.2 Å². The van der Waals surface area contributed by atoms with Crippen LogP contribution in [0.2, 0.25) is 0 Å². The van der Waals surface area contributed by atoms with Crippen molar-refractivity contribution in [1.29, 1.82) is 0 Å². The summed E-state index contributed by atoms with van der Waals surface area (Å²) in [6, 6.07) is 0.339. The van der Waals surface area contributed by atoms with Crippen molar-refractivity contribution in [3.8, 4) is 0 Å². The molecule has 0 unspecified atom stereocenters. The van der Waals surface area contributed by atoms with E-state index in [0.29, 0.717) is 6.04 Å². The van der Waals surface area contributed by atoms with Gasteiger partial charge in [-0.25, -0.2) is 0 Å². The van der Waals surface area contributed by atoms with Crippen molar-refractivity contribution >= 4 is 0 Å². The molecule has 2 N–H and O–H groups in total. The lowest BCUT2D eigenvalue weighted by Gasteiger charge is -2.28. The second kappa shape index (κ2) is 1.70. The standard InChI is InChI=1S/C7H13NO/c8-6-2-1-5-9-7(6)3-4-7/h6H,1-5,8H2/t6-/m0/s1. The number of ether oxygens (including phenoxy) is 1. The van der Waals surface area contributed by atoms with E-state index >= 15 is 0 Å². The second-order valence-corrected chi connectivity index (χ2v) is 3.16. The topological polar surface area (TPSA) is 35.2 Å². The van der Waals surface area contributed by atoms with Crippen molar-refractivity contribution in [1.82, 2.24) is 0 Å². The highest BCUT2D eigenvalue weighted by atomic mass is 16.5. The highest BCUT2D eigenvalue weighted by Crippen LogP contribution is 2.45. The molecule has 1 aliphatic carbocycles. The molecule has 0 amide bonds. The summed E-state index contributed by atoms with van der Waals surface area (Å²) in [7, 11) is 0. The molecule has 52 valence electrons. The van der Waals surface area contributed by atoms with Crippen molar-refractivity contribution in [3.63, 3.8) is 0 Å². The van der Waals surface area contributed by atoms with Crippen molar-refractivity contribution in [2.45, 2.75) is 37.3 Å². The fraction of sp³-hybridized carbons (Fsp3) is 1.00. The molecule has 0 aromatic rings. The maximum Gasteiger partial charge on any atom is 0.0834 e. The zero-order valence-corrected chi connectivity index (χ0v) is 5.60. The molecule has 0 bridgehead atoms. The third kappa shape index (κ3) is 0.775. The predicted molar refractivity (Wildman–Crippen MR) is 35.1 cm³/mol. The van der Waals surface area contributed by atoms with Gasteiger partial charge in [0.15, 0.2) is 0 Å². The van der Waals surface area contributed by atoms with E-state index in [-0.39, 0.29) is 5.60 Å². The molecular formula is C7H13NO. The van der Waals surface area contributed by atoms with Gasteiger partial charge in [-0.05, 0) is 25.7 Å². The van der Waals surface area contributed by atoms with Gasteiger partial charge in [0.25, 0.3) is 0 Å². The van der Waals surface area contributed by atoms with Crippen LogP contribution in [0.1, 0.15) is 25.7 Å². The first kappa shape index (κ1) is 5.69. The first-order valence-electron chi connectivity index (χ1n) is 3.73. The van der Waals surface area contributed by atoms with Gasteiger partial charge in [-0.15, -0.1) is 0 Å². The van der Waals surface area contributed by atoms with Gasteiger partial charge in [-0.2, -0.15) is 0 Å². The number of hydrogen-bond donors (Lipinski definition) is 1. The molecule has 1 heterocycles. The normalized spacial score (nSPS) is 39.0. The molecule has 0 aromatic heterocycles. The predicted octanol–water partition coefficient (Wildman–Crippen LogP) is 0.657. The number of rotatable bonds is 0. The van der Waals surface area contributed by atoms with Crippen LogP contribution in [-0.2, 0) is 4.74 Å². The van der Waals surface area contributed by atoms with Crippen LogP contribution in [0, 0.1) is 0 Å². The van der Waals surface area contributed by atoms with Crippen LogP contribution in [0.4, 0.5) is 0 Å². The SMILES string of the molecule is N[C@H]1CCCOC12CC2. The van der Waals surface area contributed by atoms with Gasteiger partial charge >= 0.3 is 0 Å². The molecule has 2 heteroatoms. The van der Waals surface area contributed by atoms with E-state index in [1.165, 1.54) is 19.3 Å². The molecule has 1 saturated carbocycles. The van der Waals surface area contributed by atoms with E-state index in [4.69, 9.17) is 10.5 Å². The van der Waals surface area contributed by atoms with E-state index in [0.717, 1.165) is 13.0 Å². The summed E-state index contributed by atoms with van der Waals surface area (Å²) in [6.45, 7) is 0.938. The first-order valence-corrected chi connectivity index (χ1v) is 3.73. The first-order chi connectivity index (χ1) is 4.33. The van der Waals surface area contributed by atoms with E-state index in [9.17, 15) is 0 Å². The molecule has 1 aliphatic heterocycles. The Balaban J connectivity index is 2.03. The average molecular weight is 127 g/mol. The van der Waals surface area contributed by atoms with Crippen molar-refractivity contribution in [3.05, 3.63) is 0 Å². The molecular weight excluding hydrogens is 114 g/mol. The minimum atomic E-state index is 0.165. The van der Waals surface area contributed by atoms with E-state index in [2.05, 4.69) is 0 Å².